The maximum atomic E-state index is 11.9. The number of rotatable bonds is 4. The van der Waals surface area contributed by atoms with Crippen molar-refractivity contribution in [3.63, 3.8) is 0 Å². The highest BCUT2D eigenvalue weighted by Crippen LogP contribution is 2.36. The zero-order chi connectivity index (χ0) is 17.4. The van der Waals surface area contributed by atoms with Crippen LogP contribution in [-0.4, -0.2) is 15.7 Å². The molecule has 0 amide bonds. The minimum Gasteiger partial charge on any atom is -0.296 e. The fourth-order valence-corrected chi connectivity index (χ4v) is 4.25. The van der Waals surface area contributed by atoms with Crippen molar-refractivity contribution in [2.75, 3.05) is 0 Å². The largest absolute Gasteiger partial charge is 0.296 e. The number of aldehydes is 1. The molecule has 0 atom stereocenters. The van der Waals surface area contributed by atoms with Crippen molar-refractivity contribution >= 4 is 34.2 Å². The maximum Gasteiger partial charge on any atom is 0.195 e. The molecule has 0 saturated carbocycles. The third-order valence-corrected chi connectivity index (χ3v) is 5.62. The molecule has 0 fully saturated rings. The minimum absolute atomic E-state index is 0.576. The summed E-state index contributed by atoms with van der Waals surface area (Å²) < 4.78 is 1.98. The monoisotopic (exact) mass is 366 g/mol. The fraction of sp³-hybridized carbons (Fsp3) is 0.100. The SMILES string of the molecule is CCc1sc2nc(-c3ccc(Cl)cc3)c(C=O)n2c1-c1ccccc1. The van der Waals surface area contributed by atoms with Crippen LogP contribution in [0.15, 0.2) is 54.6 Å². The highest BCUT2D eigenvalue weighted by molar-refractivity contribution is 7.17. The summed E-state index contributed by atoms with van der Waals surface area (Å²) in [5.74, 6) is 0. The third kappa shape index (κ3) is 2.68. The normalized spacial score (nSPS) is 11.1. The first kappa shape index (κ1) is 16.1. The molecule has 0 aliphatic rings. The van der Waals surface area contributed by atoms with Gasteiger partial charge in [0.2, 0.25) is 0 Å². The van der Waals surface area contributed by atoms with E-state index in [2.05, 4.69) is 19.1 Å². The van der Waals surface area contributed by atoms with Crippen LogP contribution in [0.4, 0.5) is 0 Å². The average Bonchev–Trinajstić information content (AvgIpc) is 3.18. The number of hydrogen-bond donors (Lipinski definition) is 0. The van der Waals surface area contributed by atoms with Gasteiger partial charge in [0, 0.05) is 15.5 Å². The fourth-order valence-electron chi connectivity index (χ4n) is 3.03. The van der Waals surface area contributed by atoms with E-state index < -0.39 is 0 Å². The lowest BCUT2D eigenvalue weighted by atomic mass is 10.1. The molecule has 124 valence electrons. The summed E-state index contributed by atoms with van der Waals surface area (Å²) in [6.07, 6.45) is 1.79. The van der Waals surface area contributed by atoms with Gasteiger partial charge in [0.05, 0.1) is 5.69 Å². The van der Waals surface area contributed by atoms with Crippen molar-refractivity contribution < 1.29 is 4.79 Å². The Labute approximate surface area is 154 Å². The number of carbonyl (C=O) groups is 1. The molecule has 0 radical (unpaired) electrons. The summed E-state index contributed by atoms with van der Waals surface area (Å²) in [7, 11) is 0. The Hall–Kier alpha value is -2.43. The Kier molecular flexibility index (Phi) is 4.15. The lowest BCUT2D eigenvalue weighted by Crippen LogP contribution is -1.96. The molecular formula is C20H15ClN2OS. The number of halogens is 1. The third-order valence-electron chi connectivity index (χ3n) is 4.18. The van der Waals surface area contributed by atoms with Crippen molar-refractivity contribution in [3.05, 3.63) is 70.2 Å². The van der Waals surface area contributed by atoms with Crippen LogP contribution in [0.1, 0.15) is 22.3 Å². The van der Waals surface area contributed by atoms with Crippen molar-refractivity contribution in [1.29, 1.82) is 0 Å². The van der Waals surface area contributed by atoms with Gasteiger partial charge in [0.1, 0.15) is 11.4 Å². The number of carbonyl (C=O) groups excluding carboxylic acids is 1. The number of thiazole rings is 1. The van der Waals surface area contributed by atoms with E-state index in [4.69, 9.17) is 16.6 Å². The van der Waals surface area contributed by atoms with E-state index in [1.807, 2.05) is 46.9 Å². The van der Waals surface area contributed by atoms with Crippen molar-refractivity contribution in [1.82, 2.24) is 9.38 Å². The predicted octanol–water partition coefficient (Wildman–Crippen LogP) is 5.76. The van der Waals surface area contributed by atoms with Crippen LogP contribution < -0.4 is 0 Å². The number of imidazole rings is 1. The highest BCUT2D eigenvalue weighted by atomic mass is 35.5. The van der Waals surface area contributed by atoms with Gasteiger partial charge in [-0.15, -0.1) is 11.3 Å². The van der Waals surface area contributed by atoms with Crippen LogP contribution in [0.2, 0.25) is 5.02 Å². The van der Waals surface area contributed by atoms with Gasteiger partial charge in [-0.1, -0.05) is 61.0 Å². The van der Waals surface area contributed by atoms with Gasteiger partial charge >= 0.3 is 0 Å². The van der Waals surface area contributed by atoms with Gasteiger partial charge in [-0.05, 0) is 24.1 Å². The summed E-state index contributed by atoms with van der Waals surface area (Å²) in [4.78, 5) is 18.7. The van der Waals surface area contributed by atoms with Crippen LogP contribution in [0.5, 0.6) is 0 Å². The van der Waals surface area contributed by atoms with Crippen LogP contribution in [0.25, 0.3) is 27.5 Å². The van der Waals surface area contributed by atoms with Crippen LogP contribution in [0.3, 0.4) is 0 Å². The van der Waals surface area contributed by atoms with Gasteiger partial charge in [-0.25, -0.2) is 4.98 Å². The van der Waals surface area contributed by atoms with Crippen LogP contribution >= 0.6 is 22.9 Å². The summed E-state index contributed by atoms with van der Waals surface area (Å²) in [6, 6.07) is 17.6. The number of hydrogen-bond acceptors (Lipinski definition) is 3. The molecule has 2 aromatic heterocycles. The Bertz CT molecular complexity index is 1050. The van der Waals surface area contributed by atoms with Crippen molar-refractivity contribution in [2.24, 2.45) is 0 Å². The molecule has 2 aromatic carbocycles. The lowest BCUT2D eigenvalue weighted by Gasteiger charge is -2.05. The van der Waals surface area contributed by atoms with E-state index >= 15 is 0 Å². The van der Waals surface area contributed by atoms with E-state index in [1.54, 1.807) is 11.3 Å². The molecule has 3 nitrogen and oxygen atoms in total. The molecule has 25 heavy (non-hydrogen) atoms. The number of aryl methyl sites for hydroxylation is 1. The predicted molar refractivity (Wildman–Crippen MR) is 104 cm³/mol. The first-order valence-corrected chi connectivity index (χ1v) is 9.23. The number of benzene rings is 2. The van der Waals surface area contributed by atoms with Gasteiger partial charge in [-0.2, -0.15) is 0 Å². The zero-order valence-electron chi connectivity index (χ0n) is 13.6. The molecule has 2 heterocycles. The summed E-state index contributed by atoms with van der Waals surface area (Å²) in [5.41, 5.74) is 4.30. The molecule has 4 rings (SSSR count). The van der Waals surface area contributed by atoms with Gasteiger partial charge in [0.25, 0.3) is 0 Å². The standard InChI is InChI=1S/C20H15ClN2OS/c1-2-17-19(14-6-4-3-5-7-14)23-16(12-24)18(22-20(23)25-17)13-8-10-15(21)11-9-13/h3-12H,2H2,1H3. The molecular weight excluding hydrogens is 352 g/mol. The molecule has 0 saturated heterocycles. The number of nitrogens with zero attached hydrogens (tertiary/aromatic N) is 2. The first-order valence-electron chi connectivity index (χ1n) is 8.03. The number of aromatic nitrogens is 2. The second-order valence-electron chi connectivity index (χ2n) is 5.68. The molecule has 0 unspecified atom stereocenters. The quantitative estimate of drug-likeness (QED) is 0.430. The average molecular weight is 367 g/mol. The second kappa shape index (κ2) is 6.47. The van der Waals surface area contributed by atoms with E-state index in [0.717, 1.165) is 34.5 Å². The molecule has 4 aromatic rings. The first-order chi connectivity index (χ1) is 12.2. The molecule has 5 heteroatoms. The second-order valence-corrected chi connectivity index (χ2v) is 7.18. The minimum atomic E-state index is 0.576. The molecule has 0 aliphatic carbocycles. The van der Waals surface area contributed by atoms with Gasteiger partial charge in [0.15, 0.2) is 11.2 Å². The Morgan fingerprint density at radius 1 is 1.08 bits per heavy atom. The Morgan fingerprint density at radius 2 is 1.80 bits per heavy atom. The van der Waals surface area contributed by atoms with Crippen molar-refractivity contribution in [3.8, 4) is 22.5 Å². The van der Waals surface area contributed by atoms with E-state index in [-0.39, 0.29) is 0 Å². The topological polar surface area (TPSA) is 34.4 Å². The maximum absolute atomic E-state index is 11.9. The Balaban J connectivity index is 2.02. The highest BCUT2D eigenvalue weighted by Gasteiger charge is 2.21. The summed E-state index contributed by atoms with van der Waals surface area (Å²) >= 11 is 7.62. The summed E-state index contributed by atoms with van der Waals surface area (Å²) in [6.45, 7) is 2.12. The van der Waals surface area contributed by atoms with Crippen molar-refractivity contribution in [2.45, 2.75) is 13.3 Å². The molecule has 0 N–H and O–H groups in total. The van der Waals surface area contributed by atoms with Crippen LogP contribution in [0, 0.1) is 0 Å². The van der Waals surface area contributed by atoms with Crippen LogP contribution in [-0.2, 0) is 6.42 Å². The van der Waals surface area contributed by atoms with E-state index in [0.29, 0.717) is 16.4 Å². The van der Waals surface area contributed by atoms with E-state index in [1.165, 1.54) is 4.88 Å². The molecule has 0 aliphatic heterocycles. The molecule has 0 spiro atoms. The smallest absolute Gasteiger partial charge is 0.195 e. The molecule has 0 bridgehead atoms. The van der Waals surface area contributed by atoms with Gasteiger partial charge in [-0.3, -0.25) is 9.20 Å². The zero-order valence-corrected chi connectivity index (χ0v) is 15.1. The Morgan fingerprint density at radius 3 is 2.44 bits per heavy atom. The summed E-state index contributed by atoms with van der Waals surface area (Å²) in [5, 5.41) is 0.663. The van der Waals surface area contributed by atoms with Gasteiger partial charge < -0.3 is 0 Å². The number of fused-ring (bicyclic) bond motifs is 1. The lowest BCUT2D eigenvalue weighted by molar-refractivity contribution is 0.111. The van der Waals surface area contributed by atoms with E-state index in [9.17, 15) is 4.79 Å².